The summed E-state index contributed by atoms with van der Waals surface area (Å²) in [6.07, 6.45) is 4.99. The first-order valence-electron chi connectivity index (χ1n) is 3.87. The van der Waals surface area contributed by atoms with Crippen LogP contribution in [0.1, 0.15) is 6.42 Å². The lowest BCUT2D eigenvalue weighted by Gasteiger charge is -2.19. The lowest BCUT2D eigenvalue weighted by molar-refractivity contribution is -0.143. The standard InChI is InChI=1S/C8H11NO2/c9-7-5-2-1-4(3-5)6(7)8(10)11/h1-2,4-7H,3,9H2,(H,10,11). The number of carboxylic acids is 1. The maximum absolute atomic E-state index is 10.7. The summed E-state index contributed by atoms with van der Waals surface area (Å²) < 4.78 is 0. The van der Waals surface area contributed by atoms with Gasteiger partial charge < -0.3 is 10.8 Å². The van der Waals surface area contributed by atoms with Crippen LogP contribution in [0.2, 0.25) is 0 Å². The number of allylic oxidation sites excluding steroid dienone is 1. The molecule has 4 atom stereocenters. The molecule has 1 saturated carbocycles. The summed E-state index contributed by atoms with van der Waals surface area (Å²) in [6.45, 7) is 0. The second-order valence-electron chi connectivity index (χ2n) is 3.39. The van der Waals surface area contributed by atoms with Gasteiger partial charge in [-0.25, -0.2) is 0 Å². The molecule has 0 aromatic carbocycles. The zero-order valence-corrected chi connectivity index (χ0v) is 6.10. The van der Waals surface area contributed by atoms with Crippen LogP contribution in [0.4, 0.5) is 0 Å². The van der Waals surface area contributed by atoms with Gasteiger partial charge in [0.25, 0.3) is 0 Å². The van der Waals surface area contributed by atoms with Gasteiger partial charge in [-0.05, 0) is 18.3 Å². The molecule has 0 amide bonds. The molecule has 1 fully saturated rings. The van der Waals surface area contributed by atoms with Crippen molar-refractivity contribution in [2.45, 2.75) is 12.5 Å². The molecule has 0 saturated heterocycles. The third kappa shape index (κ3) is 0.807. The van der Waals surface area contributed by atoms with Crippen molar-refractivity contribution in [3.8, 4) is 0 Å². The second-order valence-corrected chi connectivity index (χ2v) is 3.39. The van der Waals surface area contributed by atoms with E-state index in [1.165, 1.54) is 0 Å². The van der Waals surface area contributed by atoms with Gasteiger partial charge in [-0.1, -0.05) is 12.2 Å². The van der Waals surface area contributed by atoms with Crippen LogP contribution < -0.4 is 5.73 Å². The van der Waals surface area contributed by atoms with Gasteiger partial charge in [-0.2, -0.15) is 0 Å². The summed E-state index contributed by atoms with van der Waals surface area (Å²) >= 11 is 0. The van der Waals surface area contributed by atoms with Gasteiger partial charge in [-0.3, -0.25) is 4.79 Å². The van der Waals surface area contributed by atoms with Gasteiger partial charge in [0.15, 0.2) is 0 Å². The Hall–Kier alpha value is -0.830. The molecule has 2 rings (SSSR count). The fourth-order valence-corrected chi connectivity index (χ4v) is 2.21. The third-order valence-electron chi connectivity index (χ3n) is 2.81. The lowest BCUT2D eigenvalue weighted by Crippen LogP contribution is -2.38. The zero-order valence-electron chi connectivity index (χ0n) is 6.10. The van der Waals surface area contributed by atoms with Gasteiger partial charge in [0.05, 0.1) is 5.92 Å². The molecule has 0 heterocycles. The van der Waals surface area contributed by atoms with E-state index < -0.39 is 5.97 Å². The molecule has 3 nitrogen and oxygen atoms in total. The maximum Gasteiger partial charge on any atom is 0.308 e. The van der Waals surface area contributed by atoms with Crippen LogP contribution in [-0.4, -0.2) is 17.1 Å². The fraction of sp³-hybridized carbons (Fsp3) is 0.625. The lowest BCUT2D eigenvalue weighted by atomic mass is 9.90. The minimum Gasteiger partial charge on any atom is -0.481 e. The molecule has 0 aromatic rings. The number of aliphatic carboxylic acids is 1. The molecular weight excluding hydrogens is 142 g/mol. The summed E-state index contributed by atoms with van der Waals surface area (Å²) in [5.41, 5.74) is 5.73. The van der Waals surface area contributed by atoms with Gasteiger partial charge in [0.1, 0.15) is 0 Å². The largest absolute Gasteiger partial charge is 0.481 e. The number of hydrogen-bond acceptors (Lipinski definition) is 2. The average Bonchev–Trinajstić information content (AvgIpc) is 2.44. The Morgan fingerprint density at radius 2 is 2.09 bits per heavy atom. The predicted octanol–water partition coefficient (Wildman–Crippen LogP) is 0.220. The van der Waals surface area contributed by atoms with Crippen molar-refractivity contribution >= 4 is 5.97 Å². The van der Waals surface area contributed by atoms with E-state index in [1.807, 2.05) is 6.08 Å². The predicted molar refractivity (Wildman–Crippen MR) is 39.8 cm³/mol. The van der Waals surface area contributed by atoms with Crippen LogP contribution in [0.25, 0.3) is 0 Å². The summed E-state index contributed by atoms with van der Waals surface area (Å²) in [7, 11) is 0. The molecule has 2 aliphatic carbocycles. The van der Waals surface area contributed by atoms with Crippen molar-refractivity contribution < 1.29 is 9.90 Å². The summed E-state index contributed by atoms with van der Waals surface area (Å²) in [5, 5.41) is 8.79. The first-order valence-corrected chi connectivity index (χ1v) is 3.87. The Labute approximate surface area is 64.9 Å². The van der Waals surface area contributed by atoms with Gasteiger partial charge in [0, 0.05) is 6.04 Å². The molecular formula is C8H11NO2. The number of fused-ring (bicyclic) bond motifs is 2. The highest BCUT2D eigenvalue weighted by Gasteiger charge is 2.46. The molecule has 0 aromatic heterocycles. The van der Waals surface area contributed by atoms with Crippen LogP contribution in [0.3, 0.4) is 0 Å². The molecule has 4 unspecified atom stereocenters. The summed E-state index contributed by atoms with van der Waals surface area (Å²) in [6, 6.07) is -0.150. The number of hydrogen-bond donors (Lipinski definition) is 2. The van der Waals surface area contributed by atoms with E-state index >= 15 is 0 Å². The van der Waals surface area contributed by atoms with Crippen molar-refractivity contribution in [3.63, 3.8) is 0 Å². The average molecular weight is 153 g/mol. The summed E-state index contributed by atoms with van der Waals surface area (Å²) in [5.74, 6) is -0.548. The Balaban J connectivity index is 2.25. The van der Waals surface area contributed by atoms with E-state index in [9.17, 15) is 4.79 Å². The minimum absolute atomic E-state index is 0.150. The molecule has 2 bridgehead atoms. The number of rotatable bonds is 1. The highest BCUT2D eigenvalue weighted by molar-refractivity contribution is 5.72. The molecule has 0 spiro atoms. The third-order valence-corrected chi connectivity index (χ3v) is 2.81. The van der Waals surface area contributed by atoms with Gasteiger partial charge in [-0.15, -0.1) is 0 Å². The number of carboxylic acid groups (broad SMARTS) is 1. The van der Waals surface area contributed by atoms with Crippen molar-refractivity contribution in [2.75, 3.05) is 0 Å². The van der Waals surface area contributed by atoms with Crippen molar-refractivity contribution in [3.05, 3.63) is 12.2 Å². The minimum atomic E-state index is -0.741. The molecule has 11 heavy (non-hydrogen) atoms. The van der Waals surface area contributed by atoms with E-state index in [1.54, 1.807) is 0 Å². The molecule has 0 radical (unpaired) electrons. The highest BCUT2D eigenvalue weighted by atomic mass is 16.4. The van der Waals surface area contributed by atoms with Gasteiger partial charge >= 0.3 is 5.97 Å². The topological polar surface area (TPSA) is 63.3 Å². The van der Waals surface area contributed by atoms with Crippen molar-refractivity contribution in [2.24, 2.45) is 23.5 Å². The van der Waals surface area contributed by atoms with E-state index in [0.717, 1.165) is 6.42 Å². The maximum atomic E-state index is 10.7. The van der Waals surface area contributed by atoms with Crippen LogP contribution in [0, 0.1) is 17.8 Å². The smallest absolute Gasteiger partial charge is 0.308 e. The number of carbonyl (C=O) groups is 1. The Kier molecular flexibility index (Phi) is 1.29. The Morgan fingerprint density at radius 3 is 2.45 bits per heavy atom. The SMILES string of the molecule is NC1C2C=CC(C2)C1C(=O)O. The van der Waals surface area contributed by atoms with E-state index in [-0.39, 0.29) is 17.9 Å². The molecule has 3 N–H and O–H groups in total. The first-order chi connectivity index (χ1) is 5.20. The Bertz CT molecular complexity index is 224. The van der Waals surface area contributed by atoms with Crippen LogP contribution in [-0.2, 0) is 4.79 Å². The van der Waals surface area contributed by atoms with Crippen LogP contribution in [0.5, 0.6) is 0 Å². The fourth-order valence-electron chi connectivity index (χ4n) is 2.21. The molecule has 0 aliphatic heterocycles. The first kappa shape index (κ1) is 6.85. The molecule has 60 valence electrons. The summed E-state index contributed by atoms with van der Waals surface area (Å²) in [4.78, 5) is 10.7. The normalized spacial score (nSPS) is 46.6. The monoisotopic (exact) mass is 153 g/mol. The quantitative estimate of drug-likeness (QED) is 0.530. The Morgan fingerprint density at radius 1 is 1.45 bits per heavy atom. The van der Waals surface area contributed by atoms with E-state index in [4.69, 9.17) is 10.8 Å². The zero-order chi connectivity index (χ0) is 8.01. The van der Waals surface area contributed by atoms with Crippen LogP contribution >= 0.6 is 0 Å². The molecule has 2 aliphatic rings. The number of nitrogens with two attached hydrogens (primary N) is 1. The van der Waals surface area contributed by atoms with Crippen molar-refractivity contribution in [1.82, 2.24) is 0 Å². The van der Waals surface area contributed by atoms with Crippen LogP contribution in [0.15, 0.2) is 12.2 Å². The second kappa shape index (κ2) is 2.08. The highest BCUT2D eigenvalue weighted by Crippen LogP contribution is 2.42. The van der Waals surface area contributed by atoms with Gasteiger partial charge in [0.2, 0.25) is 0 Å². The molecule has 3 heteroatoms. The van der Waals surface area contributed by atoms with Crippen molar-refractivity contribution in [1.29, 1.82) is 0 Å². The van der Waals surface area contributed by atoms with E-state index in [2.05, 4.69) is 6.08 Å². The van der Waals surface area contributed by atoms with E-state index in [0.29, 0.717) is 5.92 Å².